The smallest absolute Gasteiger partial charge is 0.321 e. The number of hydrogen-bond donors (Lipinski definition) is 3. The van der Waals surface area contributed by atoms with Gasteiger partial charge in [-0.15, -0.1) is 0 Å². The van der Waals surface area contributed by atoms with Crippen LogP contribution in [0.25, 0.3) is 0 Å². The molecule has 7 nitrogen and oxygen atoms in total. The second kappa shape index (κ2) is 7.11. The number of nitrogens with zero attached hydrogens (tertiary/aromatic N) is 1. The third-order valence-corrected chi connectivity index (χ3v) is 6.00. The second-order valence-corrected chi connectivity index (χ2v) is 9.09. The van der Waals surface area contributed by atoms with Gasteiger partial charge in [-0.1, -0.05) is 33.3 Å². The minimum Gasteiger partial charge on any atom is -0.481 e. The lowest BCUT2D eigenvalue weighted by molar-refractivity contribution is -0.149. The lowest BCUT2D eigenvalue weighted by Crippen LogP contribution is -2.38. The molecule has 152 valence electrons. The molecule has 0 radical (unpaired) electrons. The van der Waals surface area contributed by atoms with Crippen LogP contribution in [-0.2, 0) is 9.59 Å². The van der Waals surface area contributed by atoms with Crippen molar-refractivity contribution in [2.75, 3.05) is 23.7 Å². The molecule has 3 amide bonds. The van der Waals surface area contributed by atoms with Crippen molar-refractivity contribution in [1.82, 2.24) is 4.90 Å². The minimum absolute atomic E-state index is 0.0225. The molecule has 1 aliphatic carbocycles. The standard InChI is InChI=1S/C21H29N3O4/c1-13-7-8-15(22-17(25)20(2,3)4)10-16(13)23-19(28)24-11-14-6-5-9-21(14,12-24)18(26)27/h7-8,10,14H,5-6,9,11-12H2,1-4H3,(H,22,25)(H,23,28)(H,26,27)/t14-,21+/m0/s1. The first-order valence-corrected chi connectivity index (χ1v) is 9.74. The number of aryl methyl sites for hydroxylation is 1. The van der Waals surface area contributed by atoms with E-state index in [2.05, 4.69) is 10.6 Å². The largest absolute Gasteiger partial charge is 0.481 e. The van der Waals surface area contributed by atoms with Gasteiger partial charge in [0.1, 0.15) is 0 Å². The Morgan fingerprint density at radius 1 is 1.21 bits per heavy atom. The number of likely N-dealkylation sites (tertiary alicyclic amines) is 1. The van der Waals surface area contributed by atoms with Crippen LogP contribution in [-0.4, -0.2) is 41.0 Å². The summed E-state index contributed by atoms with van der Waals surface area (Å²) >= 11 is 0. The summed E-state index contributed by atoms with van der Waals surface area (Å²) in [5.74, 6) is -0.882. The molecule has 0 unspecified atom stereocenters. The zero-order chi connectivity index (χ0) is 20.7. The Kier molecular flexibility index (Phi) is 5.12. The van der Waals surface area contributed by atoms with Gasteiger partial charge in [-0.3, -0.25) is 9.59 Å². The lowest BCUT2D eigenvalue weighted by atomic mass is 9.81. The predicted octanol–water partition coefficient (Wildman–Crippen LogP) is 3.70. The van der Waals surface area contributed by atoms with Crippen LogP contribution in [0, 0.1) is 23.7 Å². The van der Waals surface area contributed by atoms with Crippen LogP contribution in [0.4, 0.5) is 16.2 Å². The average Bonchev–Trinajstić information content (AvgIpc) is 3.15. The van der Waals surface area contributed by atoms with Gasteiger partial charge in [-0.25, -0.2) is 4.79 Å². The Balaban J connectivity index is 1.72. The van der Waals surface area contributed by atoms with E-state index < -0.39 is 16.8 Å². The van der Waals surface area contributed by atoms with E-state index in [-0.39, 0.29) is 24.4 Å². The zero-order valence-electron chi connectivity index (χ0n) is 17.0. The maximum Gasteiger partial charge on any atom is 0.321 e. The van der Waals surface area contributed by atoms with Crippen molar-refractivity contribution >= 4 is 29.3 Å². The second-order valence-electron chi connectivity index (χ2n) is 9.09. The van der Waals surface area contributed by atoms with E-state index >= 15 is 0 Å². The van der Waals surface area contributed by atoms with Crippen molar-refractivity contribution in [3.63, 3.8) is 0 Å². The average molecular weight is 387 g/mol. The minimum atomic E-state index is -0.798. The number of aliphatic carboxylic acids is 1. The van der Waals surface area contributed by atoms with Gasteiger partial charge in [0.15, 0.2) is 0 Å². The molecule has 1 saturated heterocycles. The van der Waals surface area contributed by atoms with Gasteiger partial charge in [-0.2, -0.15) is 0 Å². The summed E-state index contributed by atoms with van der Waals surface area (Å²) < 4.78 is 0. The van der Waals surface area contributed by atoms with Crippen LogP contribution >= 0.6 is 0 Å². The quantitative estimate of drug-likeness (QED) is 0.736. The number of urea groups is 1. The Labute approximate surface area is 165 Å². The fraction of sp³-hybridized carbons (Fsp3) is 0.571. The van der Waals surface area contributed by atoms with Gasteiger partial charge in [0, 0.05) is 29.9 Å². The van der Waals surface area contributed by atoms with E-state index in [1.54, 1.807) is 17.0 Å². The fourth-order valence-corrected chi connectivity index (χ4v) is 4.14. The highest BCUT2D eigenvalue weighted by molar-refractivity contribution is 5.96. The number of nitrogens with one attached hydrogen (secondary N) is 2. The molecule has 0 bridgehead atoms. The molecule has 1 aliphatic heterocycles. The lowest BCUT2D eigenvalue weighted by Gasteiger charge is -2.23. The molecule has 2 aliphatic rings. The van der Waals surface area contributed by atoms with E-state index in [0.29, 0.717) is 24.3 Å². The molecule has 1 aromatic rings. The first-order chi connectivity index (χ1) is 13.0. The molecule has 3 N–H and O–H groups in total. The molecule has 28 heavy (non-hydrogen) atoms. The number of carbonyl (C=O) groups is 3. The molecule has 0 aromatic heterocycles. The first-order valence-electron chi connectivity index (χ1n) is 9.74. The van der Waals surface area contributed by atoms with Gasteiger partial charge < -0.3 is 20.6 Å². The highest BCUT2D eigenvalue weighted by Crippen LogP contribution is 2.49. The topological polar surface area (TPSA) is 98.7 Å². The third kappa shape index (κ3) is 3.70. The van der Waals surface area contributed by atoms with Crippen molar-refractivity contribution in [3.8, 4) is 0 Å². The summed E-state index contributed by atoms with van der Waals surface area (Å²) in [4.78, 5) is 38.4. The van der Waals surface area contributed by atoms with Crippen molar-refractivity contribution in [1.29, 1.82) is 0 Å². The number of benzene rings is 1. The van der Waals surface area contributed by atoms with Crippen LogP contribution in [0.2, 0.25) is 0 Å². The summed E-state index contributed by atoms with van der Waals surface area (Å²) in [5.41, 5.74) is 0.774. The van der Waals surface area contributed by atoms with Crippen LogP contribution in [0.5, 0.6) is 0 Å². The molecule has 2 atom stereocenters. The van der Waals surface area contributed by atoms with Crippen molar-refractivity contribution in [2.45, 2.75) is 47.0 Å². The molecule has 2 fully saturated rings. The highest BCUT2D eigenvalue weighted by Gasteiger charge is 2.55. The van der Waals surface area contributed by atoms with E-state index in [1.165, 1.54) is 0 Å². The Morgan fingerprint density at radius 3 is 2.54 bits per heavy atom. The zero-order valence-corrected chi connectivity index (χ0v) is 17.0. The molecular formula is C21H29N3O4. The summed E-state index contributed by atoms with van der Waals surface area (Å²) in [7, 11) is 0. The summed E-state index contributed by atoms with van der Waals surface area (Å²) in [5, 5.41) is 15.5. The summed E-state index contributed by atoms with van der Waals surface area (Å²) in [6.07, 6.45) is 2.38. The SMILES string of the molecule is Cc1ccc(NC(=O)C(C)(C)C)cc1NC(=O)N1C[C@@H]2CCC[C@@]2(C(=O)O)C1. The maximum atomic E-state index is 12.8. The van der Waals surface area contributed by atoms with Gasteiger partial charge >= 0.3 is 12.0 Å². The molecule has 0 spiro atoms. The van der Waals surface area contributed by atoms with Crippen LogP contribution < -0.4 is 10.6 Å². The number of carbonyl (C=O) groups excluding carboxylic acids is 2. The number of amides is 3. The van der Waals surface area contributed by atoms with E-state index in [9.17, 15) is 19.5 Å². The third-order valence-electron chi connectivity index (χ3n) is 6.00. The molecule has 1 aromatic carbocycles. The van der Waals surface area contributed by atoms with Crippen LogP contribution in [0.3, 0.4) is 0 Å². The molecular weight excluding hydrogens is 358 g/mol. The highest BCUT2D eigenvalue weighted by atomic mass is 16.4. The Bertz CT molecular complexity index is 814. The molecule has 3 rings (SSSR count). The predicted molar refractivity (Wildman–Crippen MR) is 107 cm³/mol. The molecule has 1 saturated carbocycles. The number of anilines is 2. The first kappa shape index (κ1) is 20.2. The van der Waals surface area contributed by atoms with Gasteiger partial charge in [-0.05, 0) is 43.4 Å². The van der Waals surface area contributed by atoms with Crippen molar-refractivity contribution in [2.24, 2.45) is 16.7 Å². The van der Waals surface area contributed by atoms with Gasteiger partial charge in [0.2, 0.25) is 5.91 Å². The van der Waals surface area contributed by atoms with Crippen molar-refractivity contribution in [3.05, 3.63) is 23.8 Å². The Hall–Kier alpha value is -2.57. The maximum absolute atomic E-state index is 12.8. The monoisotopic (exact) mass is 387 g/mol. The number of hydrogen-bond acceptors (Lipinski definition) is 3. The Morgan fingerprint density at radius 2 is 1.93 bits per heavy atom. The number of carboxylic acid groups (broad SMARTS) is 1. The summed E-state index contributed by atoms with van der Waals surface area (Å²) in [6.45, 7) is 8.10. The van der Waals surface area contributed by atoms with E-state index in [4.69, 9.17) is 0 Å². The number of rotatable bonds is 3. The summed E-state index contributed by atoms with van der Waals surface area (Å²) in [6, 6.07) is 5.08. The van der Waals surface area contributed by atoms with Gasteiger partial charge in [0.05, 0.1) is 5.41 Å². The number of carboxylic acids is 1. The van der Waals surface area contributed by atoms with Crippen molar-refractivity contribution < 1.29 is 19.5 Å². The van der Waals surface area contributed by atoms with E-state index in [0.717, 1.165) is 18.4 Å². The molecule has 7 heteroatoms. The van der Waals surface area contributed by atoms with E-state index in [1.807, 2.05) is 33.8 Å². The van der Waals surface area contributed by atoms with Crippen LogP contribution in [0.15, 0.2) is 18.2 Å². The fourth-order valence-electron chi connectivity index (χ4n) is 4.14. The normalized spacial score (nSPS) is 24.0. The van der Waals surface area contributed by atoms with Gasteiger partial charge in [0.25, 0.3) is 0 Å². The molecule has 1 heterocycles. The van der Waals surface area contributed by atoms with Crippen LogP contribution in [0.1, 0.15) is 45.6 Å². The number of fused-ring (bicyclic) bond motifs is 1.